The number of aromatic nitrogens is 2. The summed E-state index contributed by atoms with van der Waals surface area (Å²) in [7, 11) is 0. The van der Waals surface area contributed by atoms with Crippen molar-refractivity contribution in [3.63, 3.8) is 0 Å². The summed E-state index contributed by atoms with van der Waals surface area (Å²) >= 11 is 0. The minimum Gasteiger partial charge on any atom is -0.348 e. The van der Waals surface area contributed by atoms with Crippen LogP contribution < -0.4 is 11.1 Å². The van der Waals surface area contributed by atoms with Gasteiger partial charge in [-0.05, 0) is 31.0 Å². The first kappa shape index (κ1) is 11.9. The van der Waals surface area contributed by atoms with Gasteiger partial charge in [-0.3, -0.25) is 4.79 Å². The van der Waals surface area contributed by atoms with Crippen molar-refractivity contribution in [3.05, 3.63) is 48.3 Å². The van der Waals surface area contributed by atoms with Gasteiger partial charge in [-0.25, -0.2) is 4.68 Å². The molecule has 2 aromatic rings. The molecular formula is C14H16N4O. The fourth-order valence-electron chi connectivity index (χ4n) is 2.21. The highest BCUT2D eigenvalue weighted by atomic mass is 16.2. The van der Waals surface area contributed by atoms with Crippen molar-refractivity contribution in [2.75, 3.05) is 0 Å². The molecule has 1 aromatic carbocycles. The Bertz CT molecular complexity index is 572. The lowest BCUT2D eigenvalue weighted by atomic mass is 9.87. The lowest BCUT2D eigenvalue weighted by Crippen LogP contribution is -2.50. The lowest BCUT2D eigenvalue weighted by Gasteiger charge is -2.32. The van der Waals surface area contributed by atoms with E-state index < -0.39 is 0 Å². The molecule has 3 N–H and O–H groups in total. The number of carbonyl (C=O) groups excluding carboxylic acids is 1. The third-order valence-electron chi connectivity index (χ3n) is 3.35. The Morgan fingerprint density at radius 2 is 2.00 bits per heavy atom. The van der Waals surface area contributed by atoms with Crippen LogP contribution in [0.2, 0.25) is 0 Å². The minimum atomic E-state index is -0.133. The maximum Gasteiger partial charge on any atom is 0.272 e. The molecule has 0 aliphatic heterocycles. The van der Waals surface area contributed by atoms with Crippen molar-refractivity contribution in [2.45, 2.75) is 24.9 Å². The van der Waals surface area contributed by atoms with Gasteiger partial charge in [-0.2, -0.15) is 5.10 Å². The topological polar surface area (TPSA) is 72.9 Å². The molecule has 0 atom stereocenters. The van der Waals surface area contributed by atoms with Crippen LogP contribution in [0, 0.1) is 0 Å². The quantitative estimate of drug-likeness (QED) is 0.863. The second kappa shape index (κ2) is 4.85. The molecule has 0 saturated heterocycles. The van der Waals surface area contributed by atoms with Gasteiger partial charge >= 0.3 is 0 Å². The number of hydrogen-bond acceptors (Lipinski definition) is 3. The van der Waals surface area contributed by atoms with Crippen molar-refractivity contribution >= 4 is 5.91 Å². The molecule has 1 heterocycles. The average molecular weight is 256 g/mol. The highest BCUT2D eigenvalue weighted by Gasteiger charge is 2.27. The Hall–Kier alpha value is -2.14. The molecule has 1 amide bonds. The smallest absolute Gasteiger partial charge is 0.272 e. The van der Waals surface area contributed by atoms with Gasteiger partial charge in [0.2, 0.25) is 0 Å². The molecule has 5 nitrogen and oxygen atoms in total. The summed E-state index contributed by atoms with van der Waals surface area (Å²) in [6, 6.07) is 11.9. The van der Waals surface area contributed by atoms with E-state index in [2.05, 4.69) is 10.4 Å². The molecule has 1 aliphatic rings. The van der Waals surface area contributed by atoms with Crippen molar-refractivity contribution in [3.8, 4) is 5.69 Å². The molecule has 1 fully saturated rings. The van der Waals surface area contributed by atoms with Crippen LogP contribution in [-0.4, -0.2) is 27.8 Å². The Labute approximate surface area is 111 Å². The van der Waals surface area contributed by atoms with Crippen molar-refractivity contribution in [1.82, 2.24) is 15.1 Å². The monoisotopic (exact) mass is 256 g/mol. The SMILES string of the molecule is NC1CC(NC(=O)c2ccn(-c3ccccc3)n2)C1. The van der Waals surface area contributed by atoms with Crippen LogP contribution in [-0.2, 0) is 0 Å². The molecule has 3 rings (SSSR count). The van der Waals surface area contributed by atoms with Crippen LogP contribution in [0.4, 0.5) is 0 Å². The van der Waals surface area contributed by atoms with E-state index in [9.17, 15) is 4.79 Å². The van der Waals surface area contributed by atoms with Gasteiger partial charge in [0.15, 0.2) is 5.69 Å². The van der Waals surface area contributed by atoms with Crippen molar-refractivity contribution in [1.29, 1.82) is 0 Å². The summed E-state index contributed by atoms with van der Waals surface area (Å²) in [6.07, 6.45) is 3.49. The van der Waals surface area contributed by atoms with E-state index in [1.54, 1.807) is 16.9 Å². The fourth-order valence-corrected chi connectivity index (χ4v) is 2.21. The highest BCUT2D eigenvalue weighted by Crippen LogP contribution is 2.17. The molecule has 0 radical (unpaired) electrons. The summed E-state index contributed by atoms with van der Waals surface area (Å²) in [5.74, 6) is -0.133. The number of para-hydroxylation sites is 1. The maximum atomic E-state index is 12.0. The zero-order valence-electron chi connectivity index (χ0n) is 10.5. The molecule has 0 bridgehead atoms. The van der Waals surface area contributed by atoms with E-state index in [1.807, 2.05) is 30.3 Å². The predicted octanol–water partition coefficient (Wildman–Crippen LogP) is 1.09. The van der Waals surface area contributed by atoms with Crippen LogP contribution in [0.25, 0.3) is 5.69 Å². The van der Waals surface area contributed by atoms with E-state index >= 15 is 0 Å². The largest absolute Gasteiger partial charge is 0.348 e. The number of rotatable bonds is 3. The van der Waals surface area contributed by atoms with E-state index in [4.69, 9.17) is 5.73 Å². The second-order valence-corrected chi connectivity index (χ2v) is 4.88. The molecule has 1 aliphatic carbocycles. The van der Waals surface area contributed by atoms with Gasteiger partial charge < -0.3 is 11.1 Å². The summed E-state index contributed by atoms with van der Waals surface area (Å²) in [4.78, 5) is 12.0. The predicted molar refractivity (Wildman–Crippen MR) is 72.0 cm³/mol. The number of carbonyl (C=O) groups is 1. The molecule has 1 saturated carbocycles. The fraction of sp³-hybridized carbons (Fsp3) is 0.286. The number of benzene rings is 1. The first-order valence-corrected chi connectivity index (χ1v) is 6.40. The first-order valence-electron chi connectivity index (χ1n) is 6.40. The molecule has 1 aromatic heterocycles. The Morgan fingerprint density at radius 1 is 1.26 bits per heavy atom. The van der Waals surface area contributed by atoms with Gasteiger partial charge in [0.1, 0.15) is 0 Å². The molecular weight excluding hydrogens is 240 g/mol. The molecule has 0 unspecified atom stereocenters. The Morgan fingerprint density at radius 3 is 2.68 bits per heavy atom. The van der Waals surface area contributed by atoms with E-state index in [0.29, 0.717) is 5.69 Å². The van der Waals surface area contributed by atoms with Gasteiger partial charge in [0.05, 0.1) is 5.69 Å². The summed E-state index contributed by atoms with van der Waals surface area (Å²) in [5.41, 5.74) is 7.06. The second-order valence-electron chi connectivity index (χ2n) is 4.88. The summed E-state index contributed by atoms with van der Waals surface area (Å²) in [6.45, 7) is 0. The number of amides is 1. The van der Waals surface area contributed by atoms with Gasteiger partial charge in [-0.15, -0.1) is 0 Å². The third-order valence-corrected chi connectivity index (χ3v) is 3.35. The molecule has 19 heavy (non-hydrogen) atoms. The van der Waals surface area contributed by atoms with Crippen molar-refractivity contribution in [2.24, 2.45) is 5.73 Å². The number of nitrogens with one attached hydrogen (secondary N) is 1. The van der Waals surface area contributed by atoms with Gasteiger partial charge in [-0.1, -0.05) is 18.2 Å². The van der Waals surface area contributed by atoms with Crippen LogP contribution >= 0.6 is 0 Å². The number of nitrogens with two attached hydrogens (primary N) is 1. The van der Waals surface area contributed by atoms with E-state index in [0.717, 1.165) is 18.5 Å². The summed E-state index contributed by atoms with van der Waals surface area (Å²) in [5, 5.41) is 7.22. The third kappa shape index (κ3) is 2.51. The summed E-state index contributed by atoms with van der Waals surface area (Å²) < 4.78 is 1.70. The zero-order chi connectivity index (χ0) is 13.2. The van der Waals surface area contributed by atoms with Crippen LogP contribution in [0.15, 0.2) is 42.6 Å². The maximum absolute atomic E-state index is 12.0. The normalized spacial score (nSPS) is 21.7. The van der Waals surface area contributed by atoms with Crippen LogP contribution in [0.3, 0.4) is 0 Å². The molecule has 5 heteroatoms. The Balaban J connectivity index is 1.69. The van der Waals surface area contributed by atoms with Crippen molar-refractivity contribution < 1.29 is 4.79 Å². The lowest BCUT2D eigenvalue weighted by molar-refractivity contribution is 0.0904. The standard InChI is InChI=1S/C14H16N4O/c15-10-8-11(9-10)16-14(19)13-6-7-18(17-13)12-4-2-1-3-5-12/h1-7,10-11H,8-9,15H2,(H,16,19). The van der Waals surface area contributed by atoms with E-state index in [1.165, 1.54) is 0 Å². The van der Waals surface area contributed by atoms with Gasteiger partial charge in [0, 0.05) is 18.3 Å². The van der Waals surface area contributed by atoms with E-state index in [-0.39, 0.29) is 18.0 Å². The first-order chi connectivity index (χ1) is 9.22. The zero-order valence-corrected chi connectivity index (χ0v) is 10.5. The average Bonchev–Trinajstić information content (AvgIpc) is 2.87. The number of nitrogens with zero attached hydrogens (tertiary/aromatic N) is 2. The van der Waals surface area contributed by atoms with Gasteiger partial charge in [0.25, 0.3) is 5.91 Å². The molecule has 98 valence electrons. The van der Waals surface area contributed by atoms with Crippen LogP contribution in [0.1, 0.15) is 23.3 Å². The number of hydrogen-bond donors (Lipinski definition) is 2. The molecule has 0 spiro atoms. The van der Waals surface area contributed by atoms with Crippen LogP contribution in [0.5, 0.6) is 0 Å². The highest BCUT2D eigenvalue weighted by molar-refractivity contribution is 5.92. The minimum absolute atomic E-state index is 0.133. The Kier molecular flexibility index (Phi) is 3.05.